The van der Waals surface area contributed by atoms with Gasteiger partial charge in [-0.2, -0.15) is 0 Å². The predicted octanol–water partition coefficient (Wildman–Crippen LogP) is -1.35. The van der Waals surface area contributed by atoms with E-state index in [1.807, 2.05) is 0 Å². The molecule has 8 heavy (non-hydrogen) atoms. The molecule has 1 saturated heterocycles. The van der Waals surface area contributed by atoms with Gasteiger partial charge < -0.3 is 19.4 Å². The second-order valence-corrected chi connectivity index (χ2v) is 1.44. The van der Waals surface area contributed by atoms with Crippen molar-refractivity contribution in [2.45, 2.75) is 6.82 Å². The fraction of sp³-hybridized carbons (Fsp3) is 1.00. The van der Waals surface area contributed by atoms with Crippen LogP contribution in [0.2, 0.25) is 6.82 Å². The van der Waals surface area contributed by atoms with E-state index >= 15 is 0 Å². The Kier molecular flexibility index (Phi) is 1.96. The molecule has 4 nitrogen and oxygen atoms in total. The Morgan fingerprint density at radius 2 is 2.25 bits per heavy atom. The highest BCUT2D eigenvalue weighted by Crippen LogP contribution is 1.95. The van der Waals surface area contributed by atoms with Crippen molar-refractivity contribution in [3.63, 3.8) is 0 Å². The van der Waals surface area contributed by atoms with Crippen molar-refractivity contribution in [2.24, 2.45) is 5.64 Å². The lowest BCUT2D eigenvalue weighted by molar-refractivity contribution is 0.307. The molecule has 0 unspecified atom stereocenters. The monoisotopic (exact) mass is 112 g/mol. The molecule has 0 atom stereocenters. The summed E-state index contributed by atoms with van der Waals surface area (Å²) >= 11 is 0. The summed E-state index contributed by atoms with van der Waals surface area (Å²) in [7, 11) is 0.219. The average Bonchev–Trinajstić information content (AvgIpc) is 1.64. The molecule has 0 spiro atoms. The zero-order valence-corrected chi connectivity index (χ0v) is 4.53. The van der Waals surface area contributed by atoms with E-state index in [-0.39, 0.29) is 7.12 Å². The van der Waals surface area contributed by atoms with Crippen LogP contribution in [0.4, 0.5) is 0 Å². The lowest BCUT2D eigenvalue weighted by atomic mass is 9.86. The van der Waals surface area contributed by atoms with Crippen LogP contribution in [0, 0.1) is 0 Å². The summed E-state index contributed by atoms with van der Waals surface area (Å²) in [5.41, 5.74) is 5.17. The van der Waals surface area contributed by atoms with Crippen molar-refractivity contribution in [2.75, 3.05) is 0 Å². The van der Waals surface area contributed by atoms with Crippen LogP contribution >= 0.6 is 0 Å². The molecule has 1 radical (unpaired) electrons. The molecular weight excluding hydrogens is 106 g/mol. The second kappa shape index (κ2) is 2.54. The molecule has 0 aromatic carbocycles. The standard InChI is InChI=1S/CH5B3NO3/c1-3-6-2-7-4(5)8-3/h5H2,1H3. The van der Waals surface area contributed by atoms with Crippen LogP contribution < -0.4 is 5.64 Å². The Hall–Kier alpha value is 0.0348. The normalized spacial score (nSPS) is 20.8. The van der Waals surface area contributed by atoms with Crippen LogP contribution in [0.5, 0.6) is 0 Å². The Labute approximate surface area is 49.3 Å². The molecule has 1 heterocycles. The molecule has 7 heteroatoms. The Balaban J connectivity index is 2.23. The number of hydrogen-bond donors (Lipinski definition) is 1. The Morgan fingerprint density at radius 3 is 2.62 bits per heavy atom. The molecule has 1 fully saturated rings. The number of nitrogens with two attached hydrogens (primary N) is 1. The molecule has 0 bridgehead atoms. The SMILES string of the molecule is CB1O[B]OB(N)O1. The fourth-order valence-corrected chi connectivity index (χ4v) is 0.418. The molecule has 1 aliphatic heterocycles. The fourth-order valence-electron chi connectivity index (χ4n) is 0.418. The van der Waals surface area contributed by atoms with Gasteiger partial charge in [0.05, 0.1) is 0 Å². The van der Waals surface area contributed by atoms with Crippen LogP contribution in [0.3, 0.4) is 0 Å². The highest BCUT2D eigenvalue weighted by atomic mass is 16.7. The van der Waals surface area contributed by atoms with Gasteiger partial charge in [-0.1, -0.05) is 0 Å². The number of hydrogen-bond acceptors (Lipinski definition) is 4. The highest BCUT2D eigenvalue weighted by molar-refractivity contribution is 6.66. The number of rotatable bonds is 0. The van der Waals surface area contributed by atoms with Crippen LogP contribution in [0.15, 0.2) is 0 Å². The molecule has 0 aliphatic carbocycles. The molecular formula is CH5B3NO3. The van der Waals surface area contributed by atoms with Gasteiger partial charge in [-0.25, -0.2) is 0 Å². The summed E-state index contributed by atoms with van der Waals surface area (Å²) in [6, 6.07) is 0. The topological polar surface area (TPSA) is 53.7 Å². The summed E-state index contributed by atoms with van der Waals surface area (Å²) in [4.78, 5) is 0. The van der Waals surface area contributed by atoms with Gasteiger partial charge in [0.1, 0.15) is 0 Å². The van der Waals surface area contributed by atoms with E-state index in [1.165, 1.54) is 7.69 Å². The van der Waals surface area contributed by atoms with Gasteiger partial charge in [0, 0.05) is 0 Å². The molecule has 1 aliphatic rings. The van der Waals surface area contributed by atoms with Gasteiger partial charge in [0.2, 0.25) is 0 Å². The third-order valence-electron chi connectivity index (χ3n) is 0.763. The largest absolute Gasteiger partial charge is 0.523 e. The Morgan fingerprint density at radius 1 is 1.50 bits per heavy atom. The van der Waals surface area contributed by atoms with Gasteiger partial charge in [0.15, 0.2) is 0 Å². The maximum Gasteiger partial charge on any atom is 0.523 e. The molecule has 0 amide bonds. The molecule has 41 valence electrons. The first-order valence-electron chi connectivity index (χ1n) is 2.32. The van der Waals surface area contributed by atoms with Gasteiger partial charge in [-0.3, -0.25) is 0 Å². The third-order valence-corrected chi connectivity index (χ3v) is 0.763. The van der Waals surface area contributed by atoms with E-state index in [2.05, 4.69) is 4.57 Å². The van der Waals surface area contributed by atoms with Gasteiger partial charge in [0.25, 0.3) is 0 Å². The zero-order chi connectivity index (χ0) is 5.98. The minimum absolute atomic E-state index is 0.293. The first-order chi connectivity index (χ1) is 3.79. The minimum Gasteiger partial charge on any atom is -0.455 e. The van der Waals surface area contributed by atoms with E-state index in [1.54, 1.807) is 6.82 Å². The first-order valence-corrected chi connectivity index (χ1v) is 2.32. The van der Waals surface area contributed by atoms with E-state index in [9.17, 15) is 0 Å². The van der Waals surface area contributed by atoms with Crippen molar-refractivity contribution in [1.29, 1.82) is 0 Å². The van der Waals surface area contributed by atoms with E-state index in [4.69, 9.17) is 14.8 Å². The maximum absolute atomic E-state index is 5.17. The van der Waals surface area contributed by atoms with Crippen LogP contribution in [0.1, 0.15) is 0 Å². The summed E-state index contributed by atoms with van der Waals surface area (Å²) in [5, 5.41) is 0. The van der Waals surface area contributed by atoms with Crippen molar-refractivity contribution in [1.82, 2.24) is 0 Å². The summed E-state index contributed by atoms with van der Waals surface area (Å²) in [5.74, 6) is 0. The Bertz CT molecular complexity index is 72.9. The minimum atomic E-state index is -0.668. The molecule has 0 aromatic rings. The van der Waals surface area contributed by atoms with E-state index < -0.39 is 7.25 Å². The third kappa shape index (κ3) is 1.52. The van der Waals surface area contributed by atoms with E-state index in [0.29, 0.717) is 0 Å². The molecule has 2 N–H and O–H groups in total. The quantitative estimate of drug-likeness (QED) is 0.393. The van der Waals surface area contributed by atoms with Gasteiger partial charge in [-0.15, -0.1) is 0 Å². The van der Waals surface area contributed by atoms with E-state index in [0.717, 1.165) is 0 Å². The summed E-state index contributed by atoms with van der Waals surface area (Å²) < 4.78 is 14.0. The van der Waals surface area contributed by atoms with Crippen molar-refractivity contribution < 1.29 is 13.7 Å². The summed E-state index contributed by atoms with van der Waals surface area (Å²) in [6.45, 7) is 1.74. The molecule has 0 saturated carbocycles. The zero-order valence-electron chi connectivity index (χ0n) is 4.53. The molecule has 0 aromatic heterocycles. The lowest BCUT2D eigenvalue weighted by Crippen LogP contribution is -2.46. The predicted molar refractivity (Wildman–Crippen MR) is 30.6 cm³/mol. The highest BCUT2D eigenvalue weighted by Gasteiger charge is 2.26. The summed E-state index contributed by atoms with van der Waals surface area (Å²) in [6.07, 6.45) is 0. The smallest absolute Gasteiger partial charge is 0.455 e. The molecule has 1 rings (SSSR count). The maximum atomic E-state index is 5.17. The van der Waals surface area contributed by atoms with Crippen molar-refractivity contribution in [3.8, 4) is 0 Å². The average molecular weight is 111 g/mol. The second-order valence-electron chi connectivity index (χ2n) is 1.44. The lowest BCUT2D eigenvalue weighted by Gasteiger charge is -2.19. The van der Waals surface area contributed by atoms with Crippen molar-refractivity contribution >= 4 is 22.1 Å². The van der Waals surface area contributed by atoms with Crippen molar-refractivity contribution in [3.05, 3.63) is 0 Å². The first kappa shape index (κ1) is 6.16. The van der Waals surface area contributed by atoms with Crippen LogP contribution in [-0.4, -0.2) is 22.1 Å². The van der Waals surface area contributed by atoms with Gasteiger partial charge >= 0.3 is 22.1 Å². The van der Waals surface area contributed by atoms with Crippen LogP contribution in [-0.2, 0) is 13.7 Å². The van der Waals surface area contributed by atoms with Gasteiger partial charge in [-0.05, 0) is 6.82 Å². The van der Waals surface area contributed by atoms with Crippen LogP contribution in [0.25, 0.3) is 0 Å².